The first-order chi connectivity index (χ1) is 27.8. The van der Waals surface area contributed by atoms with Gasteiger partial charge in [-0.3, -0.25) is 4.79 Å². The lowest BCUT2D eigenvalue weighted by Crippen LogP contribution is -2.60. The molecule has 9 nitrogen and oxygen atoms in total. The number of nitrogens with one attached hydrogen (secondary N) is 1. The number of amides is 1. The Labute approximate surface area is 347 Å². The molecule has 9 heteroatoms. The molecule has 1 aliphatic rings. The summed E-state index contributed by atoms with van der Waals surface area (Å²) in [6.45, 7) is 3.65. The molecule has 6 N–H and O–H groups in total. The van der Waals surface area contributed by atoms with Crippen LogP contribution in [0.25, 0.3) is 0 Å². The van der Waals surface area contributed by atoms with Crippen LogP contribution < -0.4 is 5.32 Å². The molecule has 0 bridgehead atoms. The molecule has 57 heavy (non-hydrogen) atoms. The minimum atomic E-state index is -1.57. The molecule has 0 spiro atoms. The number of rotatable bonds is 37. The number of aliphatic hydroxyl groups excluding tert-OH is 5. The lowest BCUT2D eigenvalue weighted by atomic mass is 9.99. The molecule has 1 saturated heterocycles. The molecule has 1 rings (SSSR count). The van der Waals surface area contributed by atoms with Gasteiger partial charge >= 0.3 is 0 Å². The van der Waals surface area contributed by atoms with E-state index in [4.69, 9.17) is 9.47 Å². The maximum absolute atomic E-state index is 12.9. The Morgan fingerprint density at radius 3 is 1.63 bits per heavy atom. The van der Waals surface area contributed by atoms with Crippen LogP contribution in [0.3, 0.4) is 0 Å². The number of allylic oxidation sites excluding steroid dienone is 9. The van der Waals surface area contributed by atoms with E-state index in [0.29, 0.717) is 6.42 Å². The van der Waals surface area contributed by atoms with Crippen LogP contribution in [0.4, 0.5) is 0 Å². The average Bonchev–Trinajstić information content (AvgIpc) is 3.21. The molecule has 0 aromatic rings. The lowest BCUT2D eigenvalue weighted by Gasteiger charge is -2.40. The summed E-state index contributed by atoms with van der Waals surface area (Å²) in [5.74, 6) is -0.198. The van der Waals surface area contributed by atoms with Gasteiger partial charge in [0.05, 0.1) is 25.4 Å². The van der Waals surface area contributed by atoms with E-state index < -0.39 is 49.5 Å². The van der Waals surface area contributed by atoms with E-state index in [1.807, 2.05) is 6.08 Å². The fourth-order valence-electron chi connectivity index (χ4n) is 6.81. The van der Waals surface area contributed by atoms with Crippen molar-refractivity contribution in [3.63, 3.8) is 0 Å². The van der Waals surface area contributed by atoms with E-state index in [1.54, 1.807) is 6.08 Å². The van der Waals surface area contributed by atoms with Crippen molar-refractivity contribution in [2.45, 2.75) is 224 Å². The summed E-state index contributed by atoms with van der Waals surface area (Å²) >= 11 is 0. The van der Waals surface area contributed by atoms with Crippen LogP contribution in [0, 0.1) is 0 Å². The van der Waals surface area contributed by atoms with Crippen molar-refractivity contribution >= 4 is 5.91 Å². The van der Waals surface area contributed by atoms with Gasteiger partial charge in [0.25, 0.3) is 0 Å². The van der Waals surface area contributed by atoms with E-state index in [-0.39, 0.29) is 12.5 Å². The van der Waals surface area contributed by atoms with Gasteiger partial charge in [-0.15, -0.1) is 0 Å². The maximum Gasteiger partial charge on any atom is 0.220 e. The summed E-state index contributed by atoms with van der Waals surface area (Å²) in [6.07, 6.45) is 42.7. The summed E-state index contributed by atoms with van der Waals surface area (Å²) in [5, 5.41) is 54.0. The SMILES string of the molecule is CCC/C=C/CC/C=C/CC/C=C/C(O)C(COC1OC(CO)C(O)C(O)C1O)NC(=O)CCCCCCCCCCCCC/C=C\C/C=C\CCCCCCC. The van der Waals surface area contributed by atoms with Crippen LogP contribution in [0.15, 0.2) is 60.8 Å². The third kappa shape index (κ3) is 28.9. The monoisotopic (exact) mass is 804 g/mol. The predicted molar refractivity (Wildman–Crippen MR) is 235 cm³/mol. The summed E-state index contributed by atoms with van der Waals surface area (Å²) in [7, 11) is 0. The number of ether oxygens (including phenoxy) is 2. The lowest BCUT2D eigenvalue weighted by molar-refractivity contribution is -0.302. The summed E-state index contributed by atoms with van der Waals surface area (Å²) < 4.78 is 11.2. The second kappa shape index (κ2) is 38.1. The highest BCUT2D eigenvalue weighted by molar-refractivity contribution is 5.76. The van der Waals surface area contributed by atoms with Crippen molar-refractivity contribution in [3.05, 3.63) is 60.8 Å². The van der Waals surface area contributed by atoms with Crippen molar-refractivity contribution in [3.8, 4) is 0 Å². The van der Waals surface area contributed by atoms with Gasteiger partial charge in [-0.1, -0.05) is 164 Å². The van der Waals surface area contributed by atoms with Crippen LogP contribution in [-0.2, 0) is 14.3 Å². The van der Waals surface area contributed by atoms with Gasteiger partial charge in [-0.2, -0.15) is 0 Å². The van der Waals surface area contributed by atoms with Crippen LogP contribution in [0.2, 0.25) is 0 Å². The average molecular weight is 804 g/mol. The molecule has 0 aliphatic carbocycles. The Balaban J connectivity index is 2.30. The van der Waals surface area contributed by atoms with Crippen molar-refractivity contribution < 1.29 is 39.8 Å². The standard InChI is InChI=1S/C48H85NO8/c1-3-5-7-9-11-13-15-16-17-18-19-20-21-22-23-24-25-26-28-30-32-34-36-38-44(52)49-41(40-56-48-47(55)46(54)45(53)43(39-50)57-48)42(51)37-35-33-31-29-27-14-12-10-8-6-4-2/h8,10,15-16,18-19,27,29,35,37,41-43,45-48,50-51,53-55H,3-7,9,11-14,17,20-26,28,30-34,36,38-40H2,1-2H3,(H,49,52)/b10-8+,16-15-,19-18-,29-27+,37-35+. The number of hydrogen-bond acceptors (Lipinski definition) is 8. The van der Waals surface area contributed by atoms with Crippen LogP contribution in [0.5, 0.6) is 0 Å². The minimum Gasteiger partial charge on any atom is -0.394 e. The zero-order valence-corrected chi connectivity index (χ0v) is 36.1. The highest BCUT2D eigenvalue weighted by atomic mass is 16.7. The molecule has 7 unspecified atom stereocenters. The Kier molecular flexibility index (Phi) is 35.4. The van der Waals surface area contributed by atoms with Gasteiger partial charge in [0.1, 0.15) is 24.4 Å². The van der Waals surface area contributed by atoms with Crippen molar-refractivity contribution in [2.24, 2.45) is 0 Å². The van der Waals surface area contributed by atoms with Gasteiger partial charge in [0.2, 0.25) is 5.91 Å². The van der Waals surface area contributed by atoms with Gasteiger partial charge in [-0.25, -0.2) is 0 Å². The number of aliphatic hydroxyl groups is 5. The molecule has 0 radical (unpaired) electrons. The Hall–Kier alpha value is -2.11. The first-order valence-electron chi connectivity index (χ1n) is 23.0. The van der Waals surface area contributed by atoms with Crippen molar-refractivity contribution in [1.82, 2.24) is 5.32 Å². The molecular weight excluding hydrogens is 719 g/mol. The highest BCUT2D eigenvalue weighted by Crippen LogP contribution is 2.22. The molecule has 0 aromatic carbocycles. The quantitative estimate of drug-likeness (QED) is 0.0269. The Morgan fingerprint density at radius 1 is 0.596 bits per heavy atom. The first kappa shape index (κ1) is 52.9. The summed E-state index contributed by atoms with van der Waals surface area (Å²) in [6, 6.07) is -0.829. The minimum absolute atomic E-state index is 0.198. The van der Waals surface area contributed by atoms with Crippen LogP contribution >= 0.6 is 0 Å². The number of unbranched alkanes of at least 4 members (excludes halogenated alkanes) is 19. The molecule has 1 amide bonds. The highest BCUT2D eigenvalue weighted by Gasteiger charge is 2.44. The molecule has 330 valence electrons. The fraction of sp³-hybridized carbons (Fsp3) is 0.771. The summed E-state index contributed by atoms with van der Waals surface area (Å²) in [4.78, 5) is 12.9. The van der Waals surface area contributed by atoms with Gasteiger partial charge in [0, 0.05) is 6.42 Å². The predicted octanol–water partition coefficient (Wildman–Crippen LogP) is 9.61. The Bertz CT molecular complexity index is 1070. The topological polar surface area (TPSA) is 149 Å². The smallest absolute Gasteiger partial charge is 0.220 e. The maximum atomic E-state index is 12.9. The molecule has 1 heterocycles. The molecule has 1 aliphatic heterocycles. The van der Waals surface area contributed by atoms with E-state index >= 15 is 0 Å². The fourth-order valence-corrected chi connectivity index (χ4v) is 6.81. The van der Waals surface area contributed by atoms with Gasteiger partial charge in [-0.05, 0) is 70.6 Å². The normalized spacial score (nSPS) is 21.6. The molecule has 7 atom stereocenters. The van der Waals surface area contributed by atoms with Crippen LogP contribution in [-0.4, -0.2) is 87.5 Å². The number of hydrogen-bond donors (Lipinski definition) is 6. The van der Waals surface area contributed by atoms with Gasteiger partial charge in [0.15, 0.2) is 6.29 Å². The summed E-state index contributed by atoms with van der Waals surface area (Å²) in [5.41, 5.74) is 0. The third-order valence-corrected chi connectivity index (χ3v) is 10.5. The third-order valence-electron chi connectivity index (χ3n) is 10.5. The van der Waals surface area contributed by atoms with E-state index in [1.165, 1.54) is 96.3 Å². The molecule has 0 aromatic heterocycles. The molecule has 1 fully saturated rings. The number of carbonyl (C=O) groups excluding carboxylic acids is 1. The van der Waals surface area contributed by atoms with Gasteiger partial charge < -0.3 is 40.3 Å². The first-order valence-corrected chi connectivity index (χ1v) is 23.0. The second-order valence-electron chi connectivity index (χ2n) is 15.8. The molecule has 0 saturated carbocycles. The second-order valence-corrected chi connectivity index (χ2v) is 15.8. The van der Waals surface area contributed by atoms with Crippen LogP contribution in [0.1, 0.15) is 181 Å². The van der Waals surface area contributed by atoms with E-state index in [2.05, 4.69) is 67.8 Å². The Morgan fingerprint density at radius 2 is 1.09 bits per heavy atom. The largest absolute Gasteiger partial charge is 0.394 e. The van der Waals surface area contributed by atoms with Crippen molar-refractivity contribution in [2.75, 3.05) is 13.2 Å². The number of carbonyl (C=O) groups is 1. The zero-order valence-electron chi connectivity index (χ0n) is 36.1. The molecular formula is C48H85NO8. The zero-order chi connectivity index (χ0) is 41.6. The van der Waals surface area contributed by atoms with Crippen molar-refractivity contribution in [1.29, 1.82) is 0 Å². The van der Waals surface area contributed by atoms with E-state index in [9.17, 15) is 30.3 Å². The van der Waals surface area contributed by atoms with E-state index in [0.717, 1.165) is 64.2 Å².